The average molecular weight is 243 g/mol. The zero-order valence-corrected chi connectivity index (χ0v) is 12.0. The number of urea groups is 1. The predicted molar refractivity (Wildman–Crippen MR) is 73.3 cm³/mol. The maximum atomic E-state index is 11.7. The summed E-state index contributed by atoms with van der Waals surface area (Å²) in [6.45, 7) is 14.1. The lowest BCUT2D eigenvalue weighted by atomic mass is 10.3. The Morgan fingerprint density at radius 1 is 1.00 bits per heavy atom. The fourth-order valence-corrected chi connectivity index (χ4v) is 1.77. The first-order chi connectivity index (χ1) is 8.19. The highest BCUT2D eigenvalue weighted by molar-refractivity contribution is 5.74. The van der Waals surface area contributed by atoms with Crippen molar-refractivity contribution in [2.45, 2.75) is 40.5 Å². The Labute approximate surface area is 106 Å². The SMILES string of the molecule is CCCNC(=O)N(CC)CCCN(CC)CC. The van der Waals surface area contributed by atoms with Crippen LogP contribution in [0, 0.1) is 0 Å². The zero-order valence-electron chi connectivity index (χ0n) is 12.0. The van der Waals surface area contributed by atoms with Crippen LogP contribution >= 0.6 is 0 Å². The van der Waals surface area contributed by atoms with Crippen molar-refractivity contribution in [3.63, 3.8) is 0 Å². The summed E-state index contributed by atoms with van der Waals surface area (Å²) in [7, 11) is 0. The van der Waals surface area contributed by atoms with Gasteiger partial charge in [-0.15, -0.1) is 0 Å². The minimum atomic E-state index is 0.0777. The zero-order chi connectivity index (χ0) is 13.1. The van der Waals surface area contributed by atoms with Crippen LogP contribution in [0.1, 0.15) is 40.5 Å². The molecule has 0 aliphatic carbocycles. The summed E-state index contributed by atoms with van der Waals surface area (Å²) < 4.78 is 0. The second-order valence-electron chi connectivity index (χ2n) is 4.19. The van der Waals surface area contributed by atoms with Crippen LogP contribution in [0.3, 0.4) is 0 Å². The van der Waals surface area contributed by atoms with Crippen molar-refractivity contribution in [2.75, 3.05) is 39.3 Å². The van der Waals surface area contributed by atoms with Crippen molar-refractivity contribution in [3.8, 4) is 0 Å². The van der Waals surface area contributed by atoms with Gasteiger partial charge in [0, 0.05) is 19.6 Å². The number of hydrogen-bond donors (Lipinski definition) is 1. The first kappa shape index (κ1) is 16.2. The van der Waals surface area contributed by atoms with Crippen LogP contribution in [0.4, 0.5) is 4.79 Å². The molecule has 102 valence electrons. The van der Waals surface area contributed by atoms with E-state index in [-0.39, 0.29) is 6.03 Å². The van der Waals surface area contributed by atoms with Crippen LogP contribution < -0.4 is 5.32 Å². The normalized spacial score (nSPS) is 10.6. The third-order valence-electron chi connectivity index (χ3n) is 2.99. The van der Waals surface area contributed by atoms with Gasteiger partial charge in [-0.25, -0.2) is 4.79 Å². The molecule has 0 rings (SSSR count). The number of amides is 2. The van der Waals surface area contributed by atoms with Gasteiger partial charge in [-0.1, -0.05) is 20.8 Å². The molecular formula is C13H29N3O. The van der Waals surface area contributed by atoms with Gasteiger partial charge in [-0.3, -0.25) is 0 Å². The summed E-state index contributed by atoms with van der Waals surface area (Å²) in [4.78, 5) is 16.0. The summed E-state index contributed by atoms with van der Waals surface area (Å²) in [6.07, 6.45) is 2.04. The standard InChI is InChI=1S/C13H29N3O/c1-5-10-14-13(17)16(8-4)12-9-11-15(6-2)7-3/h5-12H2,1-4H3,(H,14,17). The van der Waals surface area contributed by atoms with Crippen LogP contribution in [-0.2, 0) is 0 Å². The van der Waals surface area contributed by atoms with Crippen molar-refractivity contribution in [2.24, 2.45) is 0 Å². The van der Waals surface area contributed by atoms with Crippen LogP contribution in [0.2, 0.25) is 0 Å². The van der Waals surface area contributed by atoms with Gasteiger partial charge in [-0.2, -0.15) is 0 Å². The highest BCUT2D eigenvalue weighted by Gasteiger charge is 2.10. The van der Waals surface area contributed by atoms with E-state index in [1.807, 2.05) is 11.8 Å². The van der Waals surface area contributed by atoms with Gasteiger partial charge in [0.2, 0.25) is 0 Å². The number of carbonyl (C=O) groups excluding carboxylic acids is 1. The van der Waals surface area contributed by atoms with E-state index in [9.17, 15) is 4.79 Å². The molecule has 0 radical (unpaired) electrons. The molecule has 0 aliphatic heterocycles. The van der Waals surface area contributed by atoms with Crippen LogP contribution in [0.15, 0.2) is 0 Å². The van der Waals surface area contributed by atoms with Gasteiger partial charge < -0.3 is 15.1 Å². The van der Waals surface area contributed by atoms with E-state index in [1.54, 1.807) is 0 Å². The Hall–Kier alpha value is -0.770. The second kappa shape index (κ2) is 10.4. The molecule has 0 aromatic heterocycles. The molecule has 1 N–H and O–H groups in total. The smallest absolute Gasteiger partial charge is 0.317 e. The molecule has 0 spiro atoms. The minimum absolute atomic E-state index is 0.0777. The molecule has 0 heterocycles. The quantitative estimate of drug-likeness (QED) is 0.673. The topological polar surface area (TPSA) is 35.6 Å². The van der Waals surface area contributed by atoms with E-state index in [4.69, 9.17) is 0 Å². The van der Waals surface area contributed by atoms with Crippen molar-refractivity contribution in [3.05, 3.63) is 0 Å². The van der Waals surface area contributed by atoms with E-state index >= 15 is 0 Å². The molecule has 0 bridgehead atoms. The molecule has 17 heavy (non-hydrogen) atoms. The number of nitrogens with one attached hydrogen (secondary N) is 1. The Morgan fingerprint density at radius 2 is 1.65 bits per heavy atom. The summed E-state index contributed by atoms with van der Waals surface area (Å²) in [5, 5.41) is 2.92. The largest absolute Gasteiger partial charge is 0.338 e. The third kappa shape index (κ3) is 7.21. The maximum absolute atomic E-state index is 11.7. The number of rotatable bonds is 9. The molecular weight excluding hydrogens is 214 g/mol. The molecule has 2 amide bonds. The number of carbonyl (C=O) groups is 1. The molecule has 4 nitrogen and oxygen atoms in total. The fraction of sp³-hybridized carbons (Fsp3) is 0.923. The maximum Gasteiger partial charge on any atom is 0.317 e. The van der Waals surface area contributed by atoms with Crippen molar-refractivity contribution in [1.82, 2.24) is 15.1 Å². The Morgan fingerprint density at radius 3 is 2.12 bits per heavy atom. The van der Waals surface area contributed by atoms with Crippen molar-refractivity contribution < 1.29 is 4.79 Å². The molecule has 0 saturated heterocycles. The minimum Gasteiger partial charge on any atom is -0.338 e. The Balaban J connectivity index is 3.84. The van der Waals surface area contributed by atoms with Crippen LogP contribution in [-0.4, -0.2) is 55.1 Å². The lowest BCUT2D eigenvalue weighted by Crippen LogP contribution is -2.41. The first-order valence-corrected chi connectivity index (χ1v) is 6.94. The van der Waals surface area contributed by atoms with Gasteiger partial charge in [0.25, 0.3) is 0 Å². The van der Waals surface area contributed by atoms with E-state index in [1.165, 1.54) is 0 Å². The molecule has 0 aromatic carbocycles. The highest BCUT2D eigenvalue weighted by Crippen LogP contribution is 1.96. The third-order valence-corrected chi connectivity index (χ3v) is 2.99. The summed E-state index contributed by atoms with van der Waals surface area (Å²) in [5.74, 6) is 0. The molecule has 4 heteroatoms. The molecule has 0 atom stereocenters. The summed E-state index contributed by atoms with van der Waals surface area (Å²) in [5.41, 5.74) is 0. The van der Waals surface area contributed by atoms with Crippen molar-refractivity contribution >= 4 is 6.03 Å². The van der Waals surface area contributed by atoms with Crippen LogP contribution in [0.5, 0.6) is 0 Å². The lowest BCUT2D eigenvalue weighted by Gasteiger charge is -2.23. The van der Waals surface area contributed by atoms with E-state index in [0.29, 0.717) is 0 Å². The number of hydrogen-bond acceptors (Lipinski definition) is 2. The predicted octanol–water partition coefficient (Wildman–Crippen LogP) is 2.16. The monoisotopic (exact) mass is 243 g/mol. The van der Waals surface area contributed by atoms with Gasteiger partial charge >= 0.3 is 6.03 Å². The summed E-state index contributed by atoms with van der Waals surface area (Å²) >= 11 is 0. The Bertz CT molecular complexity index is 193. The van der Waals surface area contributed by atoms with E-state index < -0.39 is 0 Å². The molecule has 0 saturated carbocycles. The van der Waals surface area contributed by atoms with Crippen LogP contribution in [0.25, 0.3) is 0 Å². The molecule has 0 aliphatic rings. The summed E-state index contributed by atoms with van der Waals surface area (Å²) in [6, 6.07) is 0.0777. The molecule has 0 unspecified atom stereocenters. The number of nitrogens with zero attached hydrogens (tertiary/aromatic N) is 2. The molecule has 0 fully saturated rings. The van der Waals surface area contributed by atoms with Gasteiger partial charge in [-0.05, 0) is 39.4 Å². The van der Waals surface area contributed by atoms with E-state index in [0.717, 1.165) is 52.1 Å². The lowest BCUT2D eigenvalue weighted by molar-refractivity contribution is 0.195. The first-order valence-electron chi connectivity index (χ1n) is 6.94. The fourth-order valence-electron chi connectivity index (χ4n) is 1.77. The second-order valence-corrected chi connectivity index (χ2v) is 4.19. The van der Waals surface area contributed by atoms with Gasteiger partial charge in [0.05, 0.1) is 0 Å². The average Bonchev–Trinajstić information content (AvgIpc) is 2.36. The van der Waals surface area contributed by atoms with E-state index in [2.05, 4.69) is 31.0 Å². The molecule has 0 aromatic rings. The Kier molecular flexibility index (Phi) is 9.92. The van der Waals surface area contributed by atoms with Gasteiger partial charge in [0.1, 0.15) is 0 Å². The van der Waals surface area contributed by atoms with Crippen molar-refractivity contribution in [1.29, 1.82) is 0 Å². The highest BCUT2D eigenvalue weighted by atomic mass is 16.2. The van der Waals surface area contributed by atoms with Gasteiger partial charge in [0.15, 0.2) is 0 Å².